The summed E-state index contributed by atoms with van der Waals surface area (Å²) in [5.41, 5.74) is 0. The fraction of sp³-hybridized carbons (Fsp3) is 0.625. The summed E-state index contributed by atoms with van der Waals surface area (Å²) in [6, 6.07) is 0. The predicted molar refractivity (Wildman–Crippen MR) is 55.8 cm³/mol. The van der Waals surface area contributed by atoms with Gasteiger partial charge in [0.2, 0.25) is 10.0 Å². The maximum Gasteiger partial charge on any atom is 0.213 e. The second-order valence-electron chi connectivity index (χ2n) is 3.14. The number of aliphatic hydroxyl groups excluding tert-OH is 1. The Bertz CT molecular complexity index is 399. The molecule has 0 aromatic carbocycles. The molecular formula is C8H15N3O3S. The van der Waals surface area contributed by atoms with Gasteiger partial charge in [-0.3, -0.25) is 0 Å². The fourth-order valence-electron chi connectivity index (χ4n) is 1.15. The molecule has 0 radical (unpaired) electrons. The SMILES string of the molecule is Cn1ccnc1CCNS(=O)(=O)CCO. The van der Waals surface area contributed by atoms with Gasteiger partial charge in [-0.15, -0.1) is 0 Å². The summed E-state index contributed by atoms with van der Waals surface area (Å²) >= 11 is 0. The highest BCUT2D eigenvalue weighted by atomic mass is 32.2. The molecule has 0 aliphatic carbocycles. The number of aryl methyl sites for hydroxylation is 1. The van der Waals surface area contributed by atoms with Crippen molar-refractivity contribution in [3.63, 3.8) is 0 Å². The second kappa shape index (κ2) is 5.24. The van der Waals surface area contributed by atoms with Crippen LogP contribution in [0.2, 0.25) is 0 Å². The van der Waals surface area contributed by atoms with Crippen molar-refractivity contribution in [3.05, 3.63) is 18.2 Å². The molecule has 0 amide bonds. The molecule has 1 aromatic heterocycles. The molecule has 0 atom stereocenters. The Kier molecular flexibility index (Phi) is 4.25. The van der Waals surface area contributed by atoms with Crippen molar-refractivity contribution in [2.45, 2.75) is 6.42 Å². The van der Waals surface area contributed by atoms with E-state index in [1.165, 1.54) is 0 Å². The van der Waals surface area contributed by atoms with Gasteiger partial charge in [0, 0.05) is 32.4 Å². The van der Waals surface area contributed by atoms with Crippen LogP contribution in [-0.4, -0.2) is 42.0 Å². The molecule has 1 heterocycles. The van der Waals surface area contributed by atoms with E-state index in [0.29, 0.717) is 13.0 Å². The molecule has 2 N–H and O–H groups in total. The van der Waals surface area contributed by atoms with Gasteiger partial charge in [0.05, 0.1) is 12.4 Å². The van der Waals surface area contributed by atoms with Crippen LogP contribution in [0.3, 0.4) is 0 Å². The van der Waals surface area contributed by atoms with Crippen LogP contribution < -0.4 is 4.72 Å². The van der Waals surface area contributed by atoms with E-state index in [-0.39, 0.29) is 12.4 Å². The average molecular weight is 233 g/mol. The summed E-state index contributed by atoms with van der Waals surface area (Å²) in [4.78, 5) is 4.06. The first kappa shape index (κ1) is 12.2. The molecule has 15 heavy (non-hydrogen) atoms. The van der Waals surface area contributed by atoms with Crippen LogP contribution in [0.1, 0.15) is 5.82 Å². The zero-order chi connectivity index (χ0) is 11.3. The third-order valence-electron chi connectivity index (χ3n) is 1.95. The molecule has 7 heteroatoms. The Balaban J connectivity index is 2.37. The number of sulfonamides is 1. The van der Waals surface area contributed by atoms with Gasteiger partial charge in [0.1, 0.15) is 5.82 Å². The summed E-state index contributed by atoms with van der Waals surface area (Å²) < 4.78 is 26.5. The molecule has 0 spiro atoms. The summed E-state index contributed by atoms with van der Waals surface area (Å²) in [6.07, 6.45) is 4.00. The first-order chi connectivity index (χ1) is 7.05. The molecule has 0 saturated carbocycles. The van der Waals surface area contributed by atoms with Gasteiger partial charge in [-0.2, -0.15) is 0 Å². The normalized spacial score (nSPS) is 11.9. The van der Waals surface area contributed by atoms with E-state index in [4.69, 9.17) is 5.11 Å². The Hall–Kier alpha value is -0.920. The number of rotatable bonds is 6. The van der Waals surface area contributed by atoms with Gasteiger partial charge in [-0.05, 0) is 0 Å². The molecular weight excluding hydrogens is 218 g/mol. The Morgan fingerprint density at radius 1 is 1.60 bits per heavy atom. The lowest BCUT2D eigenvalue weighted by atomic mass is 10.4. The maximum atomic E-state index is 11.1. The maximum absolute atomic E-state index is 11.1. The number of hydrogen-bond donors (Lipinski definition) is 2. The van der Waals surface area contributed by atoms with Crippen molar-refractivity contribution in [3.8, 4) is 0 Å². The molecule has 0 saturated heterocycles. The lowest BCUT2D eigenvalue weighted by molar-refractivity contribution is 0.319. The van der Waals surface area contributed by atoms with Gasteiger partial charge in [-0.25, -0.2) is 18.1 Å². The zero-order valence-corrected chi connectivity index (χ0v) is 9.37. The van der Waals surface area contributed by atoms with E-state index in [0.717, 1.165) is 5.82 Å². The standard InChI is InChI=1S/C8H15N3O3S/c1-11-5-4-9-8(11)2-3-10-15(13,14)7-6-12/h4-5,10,12H,2-3,6-7H2,1H3. The topological polar surface area (TPSA) is 84.2 Å². The number of aromatic nitrogens is 2. The van der Waals surface area contributed by atoms with E-state index in [9.17, 15) is 8.42 Å². The Morgan fingerprint density at radius 2 is 2.33 bits per heavy atom. The molecule has 0 aliphatic heterocycles. The highest BCUT2D eigenvalue weighted by Gasteiger charge is 2.08. The molecule has 1 rings (SSSR count). The first-order valence-corrected chi connectivity index (χ1v) is 6.25. The quantitative estimate of drug-likeness (QED) is 0.651. The number of aliphatic hydroxyl groups is 1. The molecule has 1 aromatic rings. The number of nitrogens with zero attached hydrogens (tertiary/aromatic N) is 2. The van der Waals surface area contributed by atoms with Gasteiger partial charge >= 0.3 is 0 Å². The summed E-state index contributed by atoms with van der Waals surface area (Å²) in [5, 5.41) is 8.49. The van der Waals surface area contributed by atoms with Crippen LogP contribution in [0, 0.1) is 0 Å². The van der Waals surface area contributed by atoms with Crippen molar-refractivity contribution >= 4 is 10.0 Å². The van der Waals surface area contributed by atoms with Crippen LogP contribution in [0.5, 0.6) is 0 Å². The molecule has 6 nitrogen and oxygen atoms in total. The third kappa shape index (κ3) is 3.98. The van der Waals surface area contributed by atoms with Crippen LogP contribution in [-0.2, 0) is 23.5 Å². The Morgan fingerprint density at radius 3 is 2.87 bits per heavy atom. The van der Waals surface area contributed by atoms with Gasteiger partial charge in [0.15, 0.2) is 0 Å². The monoisotopic (exact) mass is 233 g/mol. The largest absolute Gasteiger partial charge is 0.395 e. The summed E-state index contributed by atoms with van der Waals surface area (Å²) in [5.74, 6) is 0.565. The lowest BCUT2D eigenvalue weighted by Crippen LogP contribution is -2.30. The van der Waals surface area contributed by atoms with Crippen molar-refractivity contribution in [1.29, 1.82) is 0 Å². The molecule has 0 unspecified atom stereocenters. The number of hydrogen-bond acceptors (Lipinski definition) is 4. The van der Waals surface area contributed by atoms with E-state index in [2.05, 4.69) is 9.71 Å². The van der Waals surface area contributed by atoms with E-state index >= 15 is 0 Å². The third-order valence-corrected chi connectivity index (χ3v) is 3.32. The van der Waals surface area contributed by atoms with Gasteiger partial charge < -0.3 is 9.67 Å². The van der Waals surface area contributed by atoms with E-state index < -0.39 is 10.0 Å². The number of imidazole rings is 1. The van der Waals surface area contributed by atoms with Crippen molar-refractivity contribution in [2.75, 3.05) is 18.9 Å². The minimum atomic E-state index is -3.33. The molecule has 86 valence electrons. The molecule has 0 bridgehead atoms. The number of nitrogens with one attached hydrogen (secondary N) is 1. The van der Waals surface area contributed by atoms with Crippen molar-refractivity contribution in [1.82, 2.24) is 14.3 Å². The minimum Gasteiger partial charge on any atom is -0.395 e. The summed E-state index contributed by atoms with van der Waals surface area (Å²) in [7, 11) is -1.48. The van der Waals surface area contributed by atoms with E-state index in [1.807, 2.05) is 11.6 Å². The van der Waals surface area contributed by atoms with Crippen molar-refractivity contribution in [2.24, 2.45) is 7.05 Å². The fourth-order valence-corrected chi connectivity index (χ4v) is 1.95. The molecule has 0 fully saturated rings. The smallest absolute Gasteiger partial charge is 0.213 e. The first-order valence-electron chi connectivity index (χ1n) is 4.59. The molecule has 0 aliphatic rings. The van der Waals surface area contributed by atoms with Crippen molar-refractivity contribution < 1.29 is 13.5 Å². The summed E-state index contributed by atoms with van der Waals surface area (Å²) in [6.45, 7) is -0.0646. The van der Waals surface area contributed by atoms with Crippen LogP contribution in [0.4, 0.5) is 0 Å². The second-order valence-corrected chi connectivity index (χ2v) is 5.07. The lowest BCUT2D eigenvalue weighted by Gasteiger charge is -2.04. The highest BCUT2D eigenvalue weighted by molar-refractivity contribution is 7.89. The van der Waals surface area contributed by atoms with Gasteiger partial charge in [-0.1, -0.05) is 0 Å². The van der Waals surface area contributed by atoms with Crippen LogP contribution >= 0.6 is 0 Å². The minimum absolute atomic E-state index is 0.256. The van der Waals surface area contributed by atoms with Crippen LogP contribution in [0.15, 0.2) is 12.4 Å². The van der Waals surface area contributed by atoms with Gasteiger partial charge in [0.25, 0.3) is 0 Å². The zero-order valence-electron chi connectivity index (χ0n) is 8.55. The predicted octanol–water partition coefficient (Wildman–Crippen LogP) is -1.13. The van der Waals surface area contributed by atoms with E-state index in [1.54, 1.807) is 12.4 Å². The Labute approximate surface area is 89.0 Å². The highest BCUT2D eigenvalue weighted by Crippen LogP contribution is 1.94. The van der Waals surface area contributed by atoms with Crippen LogP contribution in [0.25, 0.3) is 0 Å². The average Bonchev–Trinajstić information content (AvgIpc) is 2.51.